The summed E-state index contributed by atoms with van der Waals surface area (Å²) in [7, 11) is 0. The first-order chi connectivity index (χ1) is 8.34. The lowest BCUT2D eigenvalue weighted by atomic mass is 10.2. The molecule has 0 bridgehead atoms. The Hall–Kier alpha value is -1.72. The van der Waals surface area contributed by atoms with Crippen LogP contribution in [0.25, 0.3) is 0 Å². The smallest absolute Gasteiger partial charge is 0.345 e. The Morgan fingerprint density at radius 3 is 2.33 bits per heavy atom. The van der Waals surface area contributed by atoms with E-state index in [4.69, 9.17) is 0 Å². The van der Waals surface area contributed by atoms with Gasteiger partial charge in [-0.2, -0.15) is 13.2 Å². The minimum atomic E-state index is -4.46. The zero-order valence-corrected chi connectivity index (χ0v) is 10.5. The van der Waals surface area contributed by atoms with Crippen LogP contribution >= 0.6 is 0 Å². The standard InChI is InChI=1S/C10H11F3N2O.C2H6/c1-3-8(10(11,12)13)4-7(2)15-5-9(16)14-6-15;1-2/h3-4H,1-2,5-6H2,(H,14,16);1-2H3/b8-4+;. The third kappa shape index (κ3) is 4.65. The molecule has 1 rings (SSSR count). The second-order valence-corrected chi connectivity index (χ2v) is 3.25. The van der Waals surface area contributed by atoms with Gasteiger partial charge >= 0.3 is 6.18 Å². The first-order valence-corrected chi connectivity index (χ1v) is 5.46. The van der Waals surface area contributed by atoms with E-state index in [-0.39, 0.29) is 24.8 Å². The number of hydrogen-bond acceptors (Lipinski definition) is 2. The van der Waals surface area contributed by atoms with Crippen LogP contribution in [0, 0.1) is 0 Å². The molecule has 18 heavy (non-hydrogen) atoms. The maximum atomic E-state index is 12.4. The molecule has 1 saturated heterocycles. The lowest BCUT2D eigenvalue weighted by Gasteiger charge is -2.16. The average molecular weight is 262 g/mol. The van der Waals surface area contributed by atoms with Gasteiger partial charge in [-0.05, 0) is 6.08 Å². The Morgan fingerprint density at radius 1 is 1.44 bits per heavy atom. The minimum absolute atomic E-state index is 0.0254. The highest BCUT2D eigenvalue weighted by Crippen LogP contribution is 2.27. The highest BCUT2D eigenvalue weighted by Gasteiger charge is 2.32. The van der Waals surface area contributed by atoms with E-state index < -0.39 is 11.7 Å². The number of alkyl halides is 3. The summed E-state index contributed by atoms with van der Waals surface area (Å²) < 4.78 is 37.1. The molecule has 1 aliphatic heterocycles. The van der Waals surface area contributed by atoms with Crippen LogP contribution in [0.2, 0.25) is 0 Å². The van der Waals surface area contributed by atoms with Gasteiger partial charge in [-0.25, -0.2) is 0 Å². The number of amides is 1. The van der Waals surface area contributed by atoms with E-state index in [1.165, 1.54) is 4.90 Å². The molecule has 0 unspecified atom stereocenters. The lowest BCUT2D eigenvalue weighted by molar-refractivity contribution is -0.118. The van der Waals surface area contributed by atoms with Gasteiger partial charge in [-0.1, -0.05) is 33.1 Å². The van der Waals surface area contributed by atoms with Crippen molar-refractivity contribution in [3.63, 3.8) is 0 Å². The molecule has 0 spiro atoms. The zero-order chi connectivity index (χ0) is 14.3. The molecule has 6 heteroatoms. The first-order valence-electron chi connectivity index (χ1n) is 5.46. The van der Waals surface area contributed by atoms with Crippen molar-refractivity contribution in [3.8, 4) is 0 Å². The number of nitrogens with zero attached hydrogens (tertiary/aromatic N) is 1. The fraction of sp³-hybridized carbons (Fsp3) is 0.417. The van der Waals surface area contributed by atoms with E-state index in [1.807, 2.05) is 13.8 Å². The zero-order valence-electron chi connectivity index (χ0n) is 10.5. The van der Waals surface area contributed by atoms with Crippen molar-refractivity contribution in [2.75, 3.05) is 13.2 Å². The predicted molar refractivity (Wildman–Crippen MR) is 64.5 cm³/mol. The number of nitrogens with one attached hydrogen (secondary N) is 1. The third-order valence-electron chi connectivity index (χ3n) is 2.08. The molecular formula is C12H17F3N2O. The molecule has 0 aromatic rings. The molecule has 0 aliphatic carbocycles. The van der Waals surface area contributed by atoms with Crippen molar-refractivity contribution in [2.24, 2.45) is 0 Å². The van der Waals surface area contributed by atoms with Crippen LogP contribution in [0.5, 0.6) is 0 Å². The highest BCUT2D eigenvalue weighted by atomic mass is 19.4. The second kappa shape index (κ2) is 6.88. The fourth-order valence-corrected chi connectivity index (χ4v) is 1.20. The van der Waals surface area contributed by atoms with Crippen molar-refractivity contribution in [3.05, 3.63) is 36.6 Å². The van der Waals surface area contributed by atoms with Gasteiger partial charge in [0, 0.05) is 5.70 Å². The van der Waals surface area contributed by atoms with E-state index in [2.05, 4.69) is 18.5 Å². The second-order valence-electron chi connectivity index (χ2n) is 3.25. The molecule has 1 N–H and O–H groups in total. The van der Waals surface area contributed by atoms with Gasteiger partial charge < -0.3 is 10.2 Å². The SMILES string of the molecule is C=C/C(=C\C(=C)N1CNC(=O)C1)C(F)(F)F.CC. The van der Waals surface area contributed by atoms with E-state index in [0.717, 1.165) is 12.2 Å². The molecular weight excluding hydrogens is 245 g/mol. The van der Waals surface area contributed by atoms with Crippen LogP contribution in [0.15, 0.2) is 36.6 Å². The van der Waals surface area contributed by atoms with E-state index in [0.29, 0.717) is 0 Å². The molecule has 1 heterocycles. The van der Waals surface area contributed by atoms with Gasteiger partial charge in [0.05, 0.1) is 18.8 Å². The number of rotatable bonds is 3. The molecule has 1 aliphatic rings. The van der Waals surface area contributed by atoms with Gasteiger partial charge in [-0.15, -0.1) is 0 Å². The molecule has 0 aromatic carbocycles. The Balaban J connectivity index is 0.00000137. The van der Waals surface area contributed by atoms with Crippen molar-refractivity contribution < 1.29 is 18.0 Å². The van der Waals surface area contributed by atoms with Crippen molar-refractivity contribution in [1.29, 1.82) is 0 Å². The van der Waals surface area contributed by atoms with E-state index >= 15 is 0 Å². The van der Waals surface area contributed by atoms with Gasteiger partial charge in [0.15, 0.2) is 0 Å². The largest absolute Gasteiger partial charge is 0.416 e. The Morgan fingerprint density at radius 2 is 2.00 bits per heavy atom. The summed E-state index contributed by atoms with van der Waals surface area (Å²) in [5.41, 5.74) is -0.748. The summed E-state index contributed by atoms with van der Waals surface area (Å²) >= 11 is 0. The number of halogens is 3. The maximum Gasteiger partial charge on any atom is 0.416 e. The average Bonchev–Trinajstić information content (AvgIpc) is 2.73. The molecule has 102 valence electrons. The number of hydrogen-bond donors (Lipinski definition) is 1. The van der Waals surface area contributed by atoms with Gasteiger partial charge in [0.25, 0.3) is 0 Å². The third-order valence-corrected chi connectivity index (χ3v) is 2.08. The number of carbonyl (C=O) groups excluding carboxylic acids is 1. The van der Waals surface area contributed by atoms with E-state index in [1.54, 1.807) is 0 Å². The van der Waals surface area contributed by atoms with Gasteiger partial charge in [0.1, 0.15) is 0 Å². The molecule has 0 radical (unpaired) electrons. The van der Waals surface area contributed by atoms with Crippen LogP contribution in [0.1, 0.15) is 13.8 Å². The summed E-state index contributed by atoms with van der Waals surface area (Å²) in [4.78, 5) is 12.3. The summed E-state index contributed by atoms with van der Waals surface area (Å²) in [5.74, 6) is -0.235. The fourth-order valence-electron chi connectivity index (χ4n) is 1.20. The van der Waals surface area contributed by atoms with Crippen LogP contribution in [-0.2, 0) is 4.79 Å². The Kier molecular flexibility index (Phi) is 6.22. The number of allylic oxidation sites excluding steroid dienone is 3. The summed E-state index contributed by atoms with van der Waals surface area (Å²) in [6.45, 7) is 10.8. The summed E-state index contributed by atoms with van der Waals surface area (Å²) in [6.07, 6.45) is -2.87. The predicted octanol–water partition coefficient (Wildman–Crippen LogP) is 2.59. The quantitative estimate of drug-likeness (QED) is 0.793. The molecule has 1 fully saturated rings. The monoisotopic (exact) mass is 262 g/mol. The Labute approximate surface area is 105 Å². The van der Waals surface area contributed by atoms with Crippen molar-refractivity contribution in [1.82, 2.24) is 10.2 Å². The number of carbonyl (C=O) groups is 1. The van der Waals surface area contributed by atoms with Gasteiger partial charge in [-0.3, -0.25) is 4.79 Å². The minimum Gasteiger partial charge on any atom is -0.345 e. The molecule has 3 nitrogen and oxygen atoms in total. The topological polar surface area (TPSA) is 32.3 Å². The lowest BCUT2D eigenvalue weighted by Crippen LogP contribution is -2.21. The summed E-state index contributed by atoms with van der Waals surface area (Å²) in [6, 6.07) is 0. The van der Waals surface area contributed by atoms with Crippen LogP contribution < -0.4 is 5.32 Å². The molecule has 0 atom stereocenters. The highest BCUT2D eigenvalue weighted by molar-refractivity contribution is 5.80. The Bertz CT molecular complexity index is 359. The summed E-state index contributed by atoms with van der Waals surface area (Å²) in [5, 5.41) is 2.47. The first kappa shape index (κ1) is 16.3. The molecule has 0 saturated carbocycles. The van der Waals surface area contributed by atoms with Crippen molar-refractivity contribution >= 4 is 5.91 Å². The maximum absolute atomic E-state index is 12.4. The normalized spacial score (nSPS) is 15.7. The molecule has 1 amide bonds. The van der Waals surface area contributed by atoms with Crippen LogP contribution in [0.3, 0.4) is 0 Å². The van der Waals surface area contributed by atoms with Gasteiger partial charge in [0.2, 0.25) is 5.91 Å². The van der Waals surface area contributed by atoms with Crippen LogP contribution in [-0.4, -0.2) is 30.2 Å². The van der Waals surface area contributed by atoms with E-state index in [9.17, 15) is 18.0 Å². The molecule has 0 aromatic heterocycles. The van der Waals surface area contributed by atoms with Crippen LogP contribution in [0.4, 0.5) is 13.2 Å². The van der Waals surface area contributed by atoms with Crippen molar-refractivity contribution in [2.45, 2.75) is 20.0 Å².